The van der Waals surface area contributed by atoms with E-state index in [0.717, 1.165) is 35.8 Å². The Hall–Kier alpha value is -2.80. The number of pyridine rings is 1. The number of hydrogen-bond donors (Lipinski definition) is 1. The lowest BCUT2D eigenvalue weighted by molar-refractivity contribution is 0.0693. The van der Waals surface area contributed by atoms with Gasteiger partial charge in [-0.15, -0.1) is 0 Å². The number of carboxylic acids is 1. The highest BCUT2D eigenvalue weighted by Gasteiger charge is 2.36. The number of nitrogens with zero attached hydrogens (tertiary/aromatic N) is 2. The Labute approximate surface area is 182 Å². The highest BCUT2D eigenvalue weighted by atomic mass is 16.5. The van der Waals surface area contributed by atoms with Gasteiger partial charge >= 0.3 is 5.97 Å². The summed E-state index contributed by atoms with van der Waals surface area (Å²) in [5.74, 6) is -0.320. The molecule has 3 heterocycles. The summed E-state index contributed by atoms with van der Waals surface area (Å²) in [6.07, 6.45) is 9.07. The van der Waals surface area contributed by atoms with E-state index in [2.05, 4.69) is 25.7 Å². The van der Waals surface area contributed by atoms with Crippen molar-refractivity contribution in [2.24, 2.45) is 5.41 Å². The summed E-state index contributed by atoms with van der Waals surface area (Å²) in [6.45, 7) is 8.43. The van der Waals surface area contributed by atoms with E-state index in [4.69, 9.17) is 9.47 Å². The van der Waals surface area contributed by atoms with Crippen molar-refractivity contribution in [2.75, 3.05) is 26.8 Å². The van der Waals surface area contributed by atoms with Crippen molar-refractivity contribution in [3.63, 3.8) is 0 Å². The summed E-state index contributed by atoms with van der Waals surface area (Å²) in [4.78, 5) is 26.4. The van der Waals surface area contributed by atoms with Crippen LogP contribution in [0.2, 0.25) is 0 Å². The fourth-order valence-electron chi connectivity index (χ4n) is 4.53. The lowest BCUT2D eigenvalue weighted by Crippen LogP contribution is -2.42. The Kier molecular flexibility index (Phi) is 5.56. The van der Waals surface area contributed by atoms with Crippen LogP contribution in [0.25, 0.3) is 5.70 Å². The number of ether oxygens (including phenoxy) is 2. The first-order valence-corrected chi connectivity index (χ1v) is 10.7. The number of allylic oxidation sites excluding steroid dienone is 4. The van der Waals surface area contributed by atoms with Gasteiger partial charge in [-0.05, 0) is 17.1 Å². The molecule has 0 spiro atoms. The number of hydrogen-bond acceptors (Lipinski definition) is 5. The van der Waals surface area contributed by atoms with E-state index < -0.39 is 11.4 Å². The van der Waals surface area contributed by atoms with Crippen molar-refractivity contribution in [1.29, 1.82) is 0 Å². The minimum absolute atomic E-state index is 0.0185. The molecule has 7 nitrogen and oxygen atoms in total. The van der Waals surface area contributed by atoms with Crippen LogP contribution in [0.3, 0.4) is 0 Å². The first-order chi connectivity index (χ1) is 14.6. The minimum Gasteiger partial charge on any atom is -0.492 e. The predicted molar refractivity (Wildman–Crippen MR) is 118 cm³/mol. The van der Waals surface area contributed by atoms with E-state index in [-0.39, 0.29) is 23.1 Å². The van der Waals surface area contributed by atoms with E-state index in [9.17, 15) is 14.7 Å². The zero-order valence-electron chi connectivity index (χ0n) is 18.6. The number of fused-ring (bicyclic) bond motifs is 1. The summed E-state index contributed by atoms with van der Waals surface area (Å²) < 4.78 is 13.5. The minimum atomic E-state index is -1.20. The summed E-state index contributed by atoms with van der Waals surface area (Å²) in [5.41, 5.74) is 1.92. The second-order valence-electron chi connectivity index (χ2n) is 9.56. The molecule has 1 saturated heterocycles. The summed E-state index contributed by atoms with van der Waals surface area (Å²) in [5, 5.41) is 9.51. The lowest BCUT2D eigenvalue weighted by atomic mass is 9.83. The average Bonchev–Trinajstić information content (AvgIpc) is 3.19. The van der Waals surface area contributed by atoms with Crippen molar-refractivity contribution in [2.45, 2.75) is 45.8 Å². The van der Waals surface area contributed by atoms with Gasteiger partial charge in [-0.2, -0.15) is 0 Å². The van der Waals surface area contributed by atoms with Crippen LogP contribution < -0.4 is 5.43 Å². The number of rotatable bonds is 3. The Morgan fingerprint density at radius 2 is 2.10 bits per heavy atom. The van der Waals surface area contributed by atoms with Gasteiger partial charge in [-0.25, -0.2) is 4.79 Å². The van der Waals surface area contributed by atoms with E-state index in [1.807, 2.05) is 29.8 Å². The van der Waals surface area contributed by atoms with Gasteiger partial charge in [0.2, 0.25) is 0 Å². The lowest BCUT2D eigenvalue weighted by Gasteiger charge is -2.44. The highest BCUT2D eigenvalue weighted by molar-refractivity contribution is 5.87. The van der Waals surface area contributed by atoms with Crippen LogP contribution in [0.15, 0.2) is 46.6 Å². The quantitative estimate of drug-likeness (QED) is 0.798. The van der Waals surface area contributed by atoms with Gasteiger partial charge in [0.25, 0.3) is 0 Å². The number of aromatic carboxylic acids is 1. The third-order valence-electron chi connectivity index (χ3n) is 6.17. The molecule has 1 fully saturated rings. The molecule has 2 atom stereocenters. The fraction of sp³-hybridized carbons (Fsp3) is 0.500. The van der Waals surface area contributed by atoms with Crippen molar-refractivity contribution in [1.82, 2.24) is 9.47 Å². The molecule has 166 valence electrons. The summed E-state index contributed by atoms with van der Waals surface area (Å²) >= 11 is 0. The van der Waals surface area contributed by atoms with E-state index >= 15 is 0 Å². The normalized spacial score (nSPS) is 25.9. The molecule has 2 aliphatic heterocycles. The molecule has 0 amide bonds. The molecule has 4 rings (SSSR count). The summed E-state index contributed by atoms with van der Waals surface area (Å²) in [7, 11) is 2.03. The highest BCUT2D eigenvalue weighted by Crippen LogP contribution is 2.41. The second kappa shape index (κ2) is 8.04. The monoisotopic (exact) mass is 426 g/mol. The Bertz CT molecular complexity index is 1040. The zero-order chi connectivity index (χ0) is 22.3. The molecular weight excluding hydrogens is 396 g/mol. The van der Waals surface area contributed by atoms with Gasteiger partial charge in [-0.3, -0.25) is 4.79 Å². The van der Waals surface area contributed by atoms with E-state index in [1.54, 1.807) is 0 Å². The van der Waals surface area contributed by atoms with Gasteiger partial charge in [0.1, 0.15) is 17.4 Å². The number of aromatic nitrogens is 1. The van der Waals surface area contributed by atoms with Crippen LogP contribution >= 0.6 is 0 Å². The van der Waals surface area contributed by atoms with Crippen LogP contribution in [-0.4, -0.2) is 53.5 Å². The molecule has 1 aromatic rings. The molecule has 7 heteroatoms. The van der Waals surface area contributed by atoms with Crippen LogP contribution in [0.4, 0.5) is 0 Å². The largest absolute Gasteiger partial charge is 0.492 e. The third-order valence-corrected chi connectivity index (χ3v) is 6.17. The van der Waals surface area contributed by atoms with Gasteiger partial charge in [0.15, 0.2) is 5.43 Å². The smallest absolute Gasteiger partial charge is 0.341 e. The van der Waals surface area contributed by atoms with Crippen LogP contribution in [0, 0.1) is 5.41 Å². The van der Waals surface area contributed by atoms with Crippen molar-refractivity contribution in [3.05, 3.63) is 63.3 Å². The molecular formula is C24H30N2O5. The maximum absolute atomic E-state index is 12.6. The van der Waals surface area contributed by atoms with E-state index in [1.165, 1.54) is 12.3 Å². The molecule has 0 saturated carbocycles. The molecule has 0 radical (unpaired) electrons. The van der Waals surface area contributed by atoms with Crippen molar-refractivity contribution < 1.29 is 19.4 Å². The SMILES string of the molecule is CN1CC(C(C)(C)C)n2cc(C(=O)O)c(=O)cc2/C1=C1\C=CC=C(OC2CCOC2)C1. The summed E-state index contributed by atoms with van der Waals surface area (Å²) in [6, 6.07) is 1.49. The van der Waals surface area contributed by atoms with E-state index in [0.29, 0.717) is 19.6 Å². The van der Waals surface area contributed by atoms with Gasteiger partial charge in [0.05, 0.1) is 30.6 Å². The second-order valence-corrected chi connectivity index (χ2v) is 9.56. The fourth-order valence-corrected chi connectivity index (χ4v) is 4.53. The zero-order valence-corrected chi connectivity index (χ0v) is 18.6. The third kappa shape index (κ3) is 4.19. The maximum atomic E-state index is 12.6. The standard InChI is InChI=1S/C24H30N2O5/c1-24(2,3)21-13-25(4)22(19-11-20(27)18(23(28)29)12-26(19)21)15-6-5-7-16(10-15)31-17-8-9-30-14-17/h5-7,11-12,17,21H,8-10,13-14H2,1-4H3,(H,28,29)/b22-15-. The van der Waals surface area contributed by atoms with Crippen LogP contribution in [0.1, 0.15) is 55.7 Å². The number of carboxylic acid groups (broad SMARTS) is 1. The molecule has 0 aromatic carbocycles. The Morgan fingerprint density at radius 1 is 1.32 bits per heavy atom. The molecule has 0 bridgehead atoms. The molecule has 2 unspecified atom stereocenters. The molecule has 3 aliphatic rings. The Morgan fingerprint density at radius 3 is 2.74 bits per heavy atom. The average molecular weight is 427 g/mol. The molecule has 1 aliphatic carbocycles. The van der Waals surface area contributed by atoms with Gasteiger partial charge < -0.3 is 24.0 Å². The van der Waals surface area contributed by atoms with Crippen molar-refractivity contribution in [3.8, 4) is 0 Å². The van der Waals surface area contributed by atoms with Crippen LogP contribution in [-0.2, 0) is 9.47 Å². The maximum Gasteiger partial charge on any atom is 0.341 e. The molecule has 1 N–H and O–H groups in total. The first kappa shape index (κ1) is 21.4. The first-order valence-electron chi connectivity index (χ1n) is 10.7. The Balaban J connectivity index is 1.79. The number of likely N-dealkylation sites (N-methyl/N-ethyl adjacent to an activating group) is 1. The number of carbonyl (C=O) groups is 1. The molecule has 1 aromatic heterocycles. The van der Waals surface area contributed by atoms with Crippen molar-refractivity contribution >= 4 is 11.7 Å². The van der Waals surface area contributed by atoms with Crippen LogP contribution in [0.5, 0.6) is 0 Å². The topological polar surface area (TPSA) is 81.0 Å². The van der Waals surface area contributed by atoms with Gasteiger partial charge in [-0.1, -0.05) is 32.9 Å². The van der Waals surface area contributed by atoms with Gasteiger partial charge in [0, 0.05) is 38.7 Å². The molecule has 31 heavy (non-hydrogen) atoms. The predicted octanol–water partition coefficient (Wildman–Crippen LogP) is 3.44.